The molecule has 0 fully saturated rings. The van der Waals surface area contributed by atoms with Crippen molar-refractivity contribution in [2.45, 2.75) is 0 Å². The molecule has 0 aliphatic rings. The fraction of sp³-hybridized carbons (Fsp3) is 0. The van der Waals surface area contributed by atoms with Crippen molar-refractivity contribution in [3.8, 4) is 0 Å². The summed E-state index contributed by atoms with van der Waals surface area (Å²) in [6.45, 7) is 0. The highest BCUT2D eigenvalue weighted by molar-refractivity contribution is 9.10. The first kappa shape index (κ1) is 13.9. The van der Waals surface area contributed by atoms with Crippen LogP contribution in [0.25, 0.3) is 0 Å². The minimum absolute atomic E-state index is 0.0156. The number of carbonyl (C=O) groups is 1. The third-order valence-electron chi connectivity index (χ3n) is 2.40. The van der Waals surface area contributed by atoms with Gasteiger partial charge < -0.3 is 10.4 Å². The van der Waals surface area contributed by atoms with E-state index < -0.39 is 16.6 Å². The minimum Gasteiger partial charge on any atom is -0.478 e. The first-order valence-electron chi connectivity index (χ1n) is 5.37. The van der Waals surface area contributed by atoms with Crippen molar-refractivity contribution >= 4 is 39.1 Å². The number of carboxylic acid groups (broad SMARTS) is 1. The molecule has 2 rings (SSSR count). The molecule has 0 spiro atoms. The van der Waals surface area contributed by atoms with Gasteiger partial charge in [-0.05, 0) is 18.2 Å². The molecule has 2 N–H and O–H groups in total. The second-order valence-electron chi connectivity index (χ2n) is 3.79. The summed E-state index contributed by atoms with van der Waals surface area (Å²) in [6.07, 6.45) is 1.07. The van der Waals surface area contributed by atoms with Crippen LogP contribution < -0.4 is 5.32 Å². The molecular weight excluding hydrogens is 330 g/mol. The van der Waals surface area contributed by atoms with Gasteiger partial charge in [-0.2, -0.15) is 0 Å². The van der Waals surface area contributed by atoms with Gasteiger partial charge in [-0.3, -0.25) is 10.1 Å². The first-order valence-corrected chi connectivity index (χ1v) is 6.17. The molecule has 2 aromatic rings. The molecular formula is C12H8BrN3O4. The average molecular weight is 338 g/mol. The predicted octanol–water partition coefficient (Wildman–Crippen LogP) is 3.19. The number of hydrogen-bond acceptors (Lipinski definition) is 5. The van der Waals surface area contributed by atoms with Gasteiger partial charge in [0.05, 0.1) is 10.5 Å². The summed E-state index contributed by atoms with van der Waals surface area (Å²) in [5.74, 6) is -1.28. The Labute approximate surface area is 121 Å². The summed E-state index contributed by atoms with van der Waals surface area (Å²) in [4.78, 5) is 24.9. The molecule has 7 nitrogen and oxygen atoms in total. The van der Waals surface area contributed by atoms with Gasteiger partial charge in [-0.1, -0.05) is 22.0 Å². The largest absolute Gasteiger partial charge is 0.478 e. The van der Waals surface area contributed by atoms with Gasteiger partial charge in [-0.25, -0.2) is 9.78 Å². The standard InChI is InChI=1S/C12H8BrN3O4/c13-8-2-1-3-9(5-8)15-11-10(16(19)20)4-7(6-14-11)12(17)18/h1-6H,(H,14,15)(H,17,18). The number of benzene rings is 1. The summed E-state index contributed by atoms with van der Waals surface area (Å²) in [5, 5.41) is 22.6. The number of nitrogens with one attached hydrogen (secondary N) is 1. The molecule has 20 heavy (non-hydrogen) atoms. The van der Waals surface area contributed by atoms with Crippen molar-refractivity contribution in [3.05, 3.63) is 56.7 Å². The third kappa shape index (κ3) is 3.09. The maximum Gasteiger partial charge on any atom is 0.337 e. The van der Waals surface area contributed by atoms with Crippen molar-refractivity contribution in [1.82, 2.24) is 4.98 Å². The van der Waals surface area contributed by atoms with Crippen LogP contribution in [0.4, 0.5) is 17.2 Å². The maximum absolute atomic E-state index is 11.0. The highest BCUT2D eigenvalue weighted by Crippen LogP contribution is 2.27. The fourth-order valence-electron chi connectivity index (χ4n) is 1.51. The molecule has 0 radical (unpaired) electrons. The van der Waals surface area contributed by atoms with Crippen LogP contribution in [0.2, 0.25) is 0 Å². The summed E-state index contributed by atoms with van der Waals surface area (Å²) >= 11 is 3.28. The van der Waals surface area contributed by atoms with E-state index in [1.807, 2.05) is 0 Å². The zero-order chi connectivity index (χ0) is 14.7. The minimum atomic E-state index is -1.27. The Hall–Kier alpha value is -2.48. The summed E-state index contributed by atoms with van der Waals surface area (Å²) < 4.78 is 0.798. The third-order valence-corrected chi connectivity index (χ3v) is 2.89. The molecule has 0 unspecified atom stereocenters. The zero-order valence-corrected chi connectivity index (χ0v) is 11.5. The molecule has 1 heterocycles. The molecule has 0 amide bonds. The van der Waals surface area contributed by atoms with Gasteiger partial charge in [-0.15, -0.1) is 0 Å². The highest BCUT2D eigenvalue weighted by Gasteiger charge is 2.19. The monoisotopic (exact) mass is 337 g/mol. The van der Waals surface area contributed by atoms with Crippen LogP contribution in [0.3, 0.4) is 0 Å². The van der Waals surface area contributed by atoms with Crippen LogP contribution in [0.5, 0.6) is 0 Å². The van der Waals surface area contributed by atoms with E-state index in [0.717, 1.165) is 16.7 Å². The van der Waals surface area contributed by atoms with Crippen LogP contribution in [-0.2, 0) is 0 Å². The quantitative estimate of drug-likeness (QED) is 0.655. The highest BCUT2D eigenvalue weighted by atomic mass is 79.9. The molecule has 0 atom stereocenters. The maximum atomic E-state index is 11.0. The van der Waals surface area contributed by atoms with Crippen molar-refractivity contribution in [3.63, 3.8) is 0 Å². The lowest BCUT2D eigenvalue weighted by Crippen LogP contribution is -2.04. The molecule has 0 saturated carbocycles. The lowest BCUT2D eigenvalue weighted by atomic mass is 10.2. The molecule has 0 aliphatic heterocycles. The fourth-order valence-corrected chi connectivity index (χ4v) is 1.91. The molecule has 0 bridgehead atoms. The van der Waals surface area contributed by atoms with Gasteiger partial charge in [0.1, 0.15) is 0 Å². The van der Waals surface area contributed by atoms with E-state index in [1.165, 1.54) is 0 Å². The van der Waals surface area contributed by atoms with E-state index in [0.29, 0.717) is 5.69 Å². The van der Waals surface area contributed by atoms with Crippen molar-refractivity contribution in [2.75, 3.05) is 5.32 Å². The second-order valence-corrected chi connectivity index (χ2v) is 4.71. The number of rotatable bonds is 4. The second kappa shape index (κ2) is 5.66. The lowest BCUT2D eigenvalue weighted by molar-refractivity contribution is -0.384. The van der Waals surface area contributed by atoms with E-state index in [1.54, 1.807) is 24.3 Å². The Morgan fingerprint density at radius 2 is 2.15 bits per heavy atom. The summed E-state index contributed by atoms with van der Waals surface area (Å²) in [6, 6.07) is 7.96. The Balaban J connectivity index is 2.41. The number of carboxylic acids is 1. The van der Waals surface area contributed by atoms with Gasteiger partial charge in [0.15, 0.2) is 0 Å². The van der Waals surface area contributed by atoms with Crippen LogP contribution in [-0.4, -0.2) is 21.0 Å². The number of aromatic carboxylic acids is 1. The van der Waals surface area contributed by atoms with E-state index in [4.69, 9.17) is 5.11 Å². The molecule has 0 aliphatic carbocycles. The number of aromatic nitrogens is 1. The SMILES string of the molecule is O=C(O)c1cnc(Nc2cccc(Br)c2)c([N+](=O)[O-])c1. The molecule has 8 heteroatoms. The van der Waals surface area contributed by atoms with Gasteiger partial charge >= 0.3 is 11.7 Å². The number of hydrogen-bond donors (Lipinski definition) is 2. The van der Waals surface area contributed by atoms with Crippen LogP contribution in [0.1, 0.15) is 10.4 Å². The molecule has 1 aromatic carbocycles. The smallest absolute Gasteiger partial charge is 0.337 e. The van der Waals surface area contributed by atoms with Gasteiger partial charge in [0, 0.05) is 22.4 Å². The number of anilines is 2. The average Bonchev–Trinajstić information content (AvgIpc) is 2.38. The number of nitro groups is 1. The summed E-state index contributed by atoms with van der Waals surface area (Å²) in [5.41, 5.74) is -0.0422. The predicted molar refractivity (Wildman–Crippen MR) is 75.3 cm³/mol. The van der Waals surface area contributed by atoms with E-state index >= 15 is 0 Å². The zero-order valence-electron chi connectivity index (χ0n) is 9.91. The van der Waals surface area contributed by atoms with Crippen molar-refractivity contribution < 1.29 is 14.8 Å². The van der Waals surface area contributed by atoms with E-state index in [-0.39, 0.29) is 11.4 Å². The first-order chi connectivity index (χ1) is 9.47. The van der Waals surface area contributed by atoms with Crippen LogP contribution >= 0.6 is 15.9 Å². The van der Waals surface area contributed by atoms with Crippen molar-refractivity contribution in [1.29, 1.82) is 0 Å². The number of pyridine rings is 1. The Morgan fingerprint density at radius 3 is 2.75 bits per heavy atom. The number of halogens is 1. The Kier molecular flexibility index (Phi) is 3.94. The molecule has 0 saturated heterocycles. The Morgan fingerprint density at radius 1 is 1.40 bits per heavy atom. The molecule has 102 valence electrons. The van der Waals surface area contributed by atoms with Crippen LogP contribution in [0, 0.1) is 10.1 Å². The van der Waals surface area contributed by atoms with E-state index in [9.17, 15) is 14.9 Å². The normalized spacial score (nSPS) is 10.1. The topological polar surface area (TPSA) is 105 Å². The van der Waals surface area contributed by atoms with Crippen molar-refractivity contribution in [2.24, 2.45) is 0 Å². The number of nitrogens with zero attached hydrogens (tertiary/aromatic N) is 2. The Bertz CT molecular complexity index is 690. The summed E-state index contributed by atoms with van der Waals surface area (Å²) in [7, 11) is 0. The van der Waals surface area contributed by atoms with Gasteiger partial charge in [0.25, 0.3) is 0 Å². The molecule has 1 aromatic heterocycles. The van der Waals surface area contributed by atoms with Gasteiger partial charge in [0.2, 0.25) is 5.82 Å². The van der Waals surface area contributed by atoms with E-state index in [2.05, 4.69) is 26.2 Å². The van der Waals surface area contributed by atoms with Crippen LogP contribution in [0.15, 0.2) is 41.0 Å². The lowest BCUT2D eigenvalue weighted by Gasteiger charge is -2.07.